The van der Waals surface area contributed by atoms with Gasteiger partial charge in [-0.15, -0.1) is 0 Å². The molecule has 0 bridgehead atoms. The summed E-state index contributed by atoms with van der Waals surface area (Å²) in [4.78, 5) is 11.1. The molecule has 1 heterocycles. The lowest BCUT2D eigenvalue weighted by atomic mass is 10.2. The van der Waals surface area contributed by atoms with Crippen molar-refractivity contribution in [2.24, 2.45) is 5.73 Å². The van der Waals surface area contributed by atoms with Gasteiger partial charge in [0.1, 0.15) is 5.75 Å². The fourth-order valence-electron chi connectivity index (χ4n) is 1.84. The summed E-state index contributed by atoms with van der Waals surface area (Å²) in [6.45, 7) is 2.31. The number of carbonyl (C=O) groups is 1. The molecule has 4 nitrogen and oxygen atoms in total. The summed E-state index contributed by atoms with van der Waals surface area (Å²) in [5.74, 6) is 0.0137. The number of primary amides is 1. The van der Waals surface area contributed by atoms with Gasteiger partial charge >= 0.3 is 0 Å². The van der Waals surface area contributed by atoms with E-state index in [-0.39, 0.29) is 0 Å². The maximum Gasteiger partial charge on any atom is 0.252 e. The van der Waals surface area contributed by atoms with E-state index in [1.54, 1.807) is 24.3 Å². The first-order chi connectivity index (χ1) is 8.00. The second-order valence-electron chi connectivity index (χ2n) is 4.51. The van der Waals surface area contributed by atoms with Crippen LogP contribution in [0.4, 0.5) is 0 Å². The molecule has 1 amide bonds. The van der Waals surface area contributed by atoms with Crippen molar-refractivity contribution < 1.29 is 14.1 Å². The molecule has 0 radical (unpaired) electrons. The Labute approximate surface area is 101 Å². The number of carbonyl (C=O) groups excluding carboxylic acids is 1. The Balaban J connectivity index is 1.91. The third-order valence-corrected chi connectivity index (χ3v) is 5.76. The lowest BCUT2D eigenvalue weighted by Gasteiger charge is -2.08. The van der Waals surface area contributed by atoms with Crippen LogP contribution in [-0.4, -0.2) is 31.0 Å². The molecule has 92 valence electrons. The molecule has 1 saturated heterocycles. The van der Waals surface area contributed by atoms with Gasteiger partial charge in [0.2, 0.25) is 0 Å². The van der Waals surface area contributed by atoms with Crippen LogP contribution >= 0.6 is 7.14 Å². The Morgan fingerprint density at radius 2 is 2.18 bits per heavy atom. The number of benzene rings is 1. The van der Waals surface area contributed by atoms with E-state index < -0.39 is 13.0 Å². The monoisotopic (exact) mass is 253 g/mol. The average molecular weight is 253 g/mol. The van der Waals surface area contributed by atoms with E-state index in [0.29, 0.717) is 23.6 Å². The van der Waals surface area contributed by atoms with Crippen LogP contribution < -0.4 is 10.5 Å². The molecule has 2 unspecified atom stereocenters. The van der Waals surface area contributed by atoms with Crippen molar-refractivity contribution in [2.45, 2.75) is 12.1 Å². The summed E-state index contributed by atoms with van der Waals surface area (Å²) in [7, 11) is -1.82. The zero-order valence-electron chi connectivity index (χ0n) is 9.76. The van der Waals surface area contributed by atoms with Crippen LogP contribution in [0.2, 0.25) is 0 Å². The number of para-hydroxylation sites is 1. The van der Waals surface area contributed by atoms with Gasteiger partial charge in [-0.3, -0.25) is 4.79 Å². The van der Waals surface area contributed by atoms with E-state index >= 15 is 0 Å². The Kier molecular flexibility index (Phi) is 3.25. The minimum atomic E-state index is -1.82. The molecule has 0 aromatic heterocycles. The topological polar surface area (TPSA) is 69.4 Å². The first kappa shape index (κ1) is 12.2. The van der Waals surface area contributed by atoms with Crippen LogP contribution in [0.15, 0.2) is 24.3 Å². The first-order valence-corrected chi connectivity index (χ1v) is 7.99. The Hall–Kier alpha value is -1.28. The lowest BCUT2D eigenvalue weighted by molar-refractivity contribution is 0.0996. The van der Waals surface area contributed by atoms with Crippen molar-refractivity contribution in [3.05, 3.63) is 29.8 Å². The largest absolute Gasteiger partial charge is 0.493 e. The SMILES string of the molecule is CP1(=O)CC1CCOc1ccccc1C(N)=O. The summed E-state index contributed by atoms with van der Waals surface area (Å²) < 4.78 is 17.1. The quantitative estimate of drug-likeness (QED) is 0.815. The molecule has 2 rings (SSSR count). The van der Waals surface area contributed by atoms with Crippen LogP contribution in [0, 0.1) is 0 Å². The van der Waals surface area contributed by atoms with Crippen LogP contribution in [0.3, 0.4) is 0 Å². The fraction of sp³-hybridized carbons (Fsp3) is 0.417. The molecule has 1 aliphatic rings. The zero-order chi connectivity index (χ0) is 12.5. The number of hydrogen-bond acceptors (Lipinski definition) is 3. The molecule has 1 fully saturated rings. The Bertz CT molecular complexity index is 486. The maximum absolute atomic E-state index is 11.5. The smallest absolute Gasteiger partial charge is 0.252 e. The van der Waals surface area contributed by atoms with E-state index in [0.717, 1.165) is 12.6 Å². The van der Waals surface area contributed by atoms with Gasteiger partial charge in [0.05, 0.1) is 19.3 Å². The number of hydrogen-bond donors (Lipinski definition) is 1. The van der Waals surface area contributed by atoms with Gasteiger partial charge in [-0.05, 0) is 25.2 Å². The summed E-state index contributed by atoms with van der Waals surface area (Å²) >= 11 is 0. The summed E-state index contributed by atoms with van der Waals surface area (Å²) in [5.41, 5.74) is 5.94. The van der Waals surface area contributed by atoms with Gasteiger partial charge in [-0.2, -0.15) is 0 Å². The Morgan fingerprint density at radius 3 is 2.76 bits per heavy atom. The van der Waals surface area contributed by atoms with Gasteiger partial charge in [0.25, 0.3) is 5.91 Å². The molecule has 1 aromatic carbocycles. The molecule has 2 atom stereocenters. The maximum atomic E-state index is 11.5. The van der Waals surface area contributed by atoms with E-state index in [2.05, 4.69) is 0 Å². The molecule has 1 aromatic rings. The fourth-order valence-corrected chi connectivity index (χ4v) is 4.10. The lowest BCUT2D eigenvalue weighted by Crippen LogP contribution is -2.13. The van der Waals surface area contributed by atoms with Gasteiger partial charge in [-0.1, -0.05) is 12.1 Å². The third kappa shape index (κ3) is 2.89. The number of ether oxygens (including phenoxy) is 1. The predicted octanol–water partition coefficient (Wildman–Crippen LogP) is 1.93. The van der Waals surface area contributed by atoms with Crippen molar-refractivity contribution in [2.75, 3.05) is 19.4 Å². The average Bonchev–Trinajstić information content (AvgIpc) is 2.87. The second kappa shape index (κ2) is 4.53. The molecular weight excluding hydrogens is 237 g/mol. The van der Waals surface area contributed by atoms with Crippen molar-refractivity contribution in [3.63, 3.8) is 0 Å². The van der Waals surface area contributed by atoms with Crippen molar-refractivity contribution in [3.8, 4) is 5.75 Å². The molecule has 5 heteroatoms. The van der Waals surface area contributed by atoms with Gasteiger partial charge in [-0.25, -0.2) is 0 Å². The summed E-state index contributed by atoms with van der Waals surface area (Å²) in [6.07, 6.45) is 1.61. The third-order valence-electron chi connectivity index (χ3n) is 3.07. The van der Waals surface area contributed by atoms with Crippen molar-refractivity contribution >= 4 is 13.0 Å². The van der Waals surface area contributed by atoms with E-state index in [1.165, 1.54) is 0 Å². The highest BCUT2D eigenvalue weighted by Gasteiger charge is 2.44. The highest BCUT2D eigenvalue weighted by molar-refractivity contribution is 7.71. The van der Waals surface area contributed by atoms with Crippen molar-refractivity contribution in [1.29, 1.82) is 0 Å². The van der Waals surface area contributed by atoms with Gasteiger partial charge in [0.15, 0.2) is 0 Å². The molecule has 17 heavy (non-hydrogen) atoms. The summed E-state index contributed by atoms with van der Waals surface area (Å²) in [5, 5.41) is 0. The Morgan fingerprint density at radius 1 is 1.53 bits per heavy atom. The number of nitrogens with two attached hydrogens (primary N) is 1. The summed E-state index contributed by atoms with van der Waals surface area (Å²) in [6, 6.07) is 6.90. The molecule has 1 aliphatic heterocycles. The van der Waals surface area contributed by atoms with Crippen LogP contribution in [0.25, 0.3) is 0 Å². The number of amides is 1. The normalized spacial score (nSPS) is 26.5. The minimum absolute atomic E-state index is 0.309. The predicted molar refractivity (Wildman–Crippen MR) is 67.3 cm³/mol. The van der Waals surface area contributed by atoms with Crippen LogP contribution in [0.1, 0.15) is 16.8 Å². The van der Waals surface area contributed by atoms with Gasteiger partial charge in [0, 0.05) is 11.8 Å². The van der Waals surface area contributed by atoms with Gasteiger partial charge < -0.3 is 15.0 Å². The highest BCUT2D eigenvalue weighted by atomic mass is 31.2. The van der Waals surface area contributed by atoms with E-state index in [4.69, 9.17) is 10.5 Å². The van der Waals surface area contributed by atoms with Crippen molar-refractivity contribution in [1.82, 2.24) is 0 Å². The second-order valence-corrected chi connectivity index (χ2v) is 7.95. The minimum Gasteiger partial charge on any atom is -0.493 e. The van der Waals surface area contributed by atoms with E-state index in [1.807, 2.05) is 6.66 Å². The molecule has 2 N–H and O–H groups in total. The van der Waals surface area contributed by atoms with Crippen LogP contribution in [-0.2, 0) is 4.57 Å². The molecule has 0 aliphatic carbocycles. The molecule has 0 spiro atoms. The highest BCUT2D eigenvalue weighted by Crippen LogP contribution is 2.65. The standard InChI is InChI=1S/C12H16NO3P/c1-17(15)8-9(17)6-7-16-11-5-3-2-4-10(11)12(13)14/h2-5,9H,6-8H2,1H3,(H2,13,14). The first-order valence-electron chi connectivity index (χ1n) is 5.58. The molecular formula is C12H16NO3P. The molecule has 0 saturated carbocycles. The zero-order valence-corrected chi connectivity index (χ0v) is 10.7. The number of rotatable bonds is 5. The van der Waals surface area contributed by atoms with E-state index in [9.17, 15) is 9.36 Å². The van der Waals surface area contributed by atoms with Crippen LogP contribution in [0.5, 0.6) is 5.75 Å².